The number of amides is 1. The Hall–Kier alpha value is -3.10. The van der Waals surface area contributed by atoms with Crippen molar-refractivity contribution in [2.75, 3.05) is 5.73 Å². The highest BCUT2D eigenvalue weighted by atomic mass is 19.4. The molecule has 3 heterocycles. The van der Waals surface area contributed by atoms with Gasteiger partial charge in [-0.3, -0.25) is 9.78 Å². The third-order valence-electron chi connectivity index (χ3n) is 3.33. The fourth-order valence-corrected chi connectivity index (χ4v) is 2.16. The first-order chi connectivity index (χ1) is 10.8. The SMILES string of the molecule is NC(=O)c1cnn2cc(-c3ccc(C(F)(F)F)nc3)cc2c1N. The second-order valence-electron chi connectivity index (χ2n) is 4.82. The van der Waals surface area contributed by atoms with Gasteiger partial charge in [0.25, 0.3) is 5.91 Å². The summed E-state index contributed by atoms with van der Waals surface area (Å²) in [6.07, 6.45) is -0.574. The van der Waals surface area contributed by atoms with E-state index in [1.807, 2.05) is 0 Å². The van der Waals surface area contributed by atoms with Crippen LogP contribution in [0.1, 0.15) is 16.1 Å². The predicted molar refractivity (Wildman–Crippen MR) is 76.4 cm³/mol. The zero-order chi connectivity index (χ0) is 16.8. The molecule has 0 aliphatic rings. The number of nitrogens with zero attached hydrogens (tertiary/aromatic N) is 3. The van der Waals surface area contributed by atoms with Crippen molar-refractivity contribution in [2.45, 2.75) is 6.18 Å². The summed E-state index contributed by atoms with van der Waals surface area (Å²) >= 11 is 0. The Kier molecular flexibility index (Phi) is 3.20. The minimum atomic E-state index is -4.49. The average Bonchev–Trinajstić information content (AvgIpc) is 2.91. The summed E-state index contributed by atoms with van der Waals surface area (Å²) in [7, 11) is 0. The lowest BCUT2D eigenvalue weighted by Gasteiger charge is -2.05. The molecule has 6 nitrogen and oxygen atoms in total. The van der Waals surface area contributed by atoms with E-state index in [2.05, 4.69) is 10.1 Å². The number of carbonyl (C=O) groups is 1. The molecule has 0 spiro atoms. The molecule has 1 amide bonds. The molecule has 3 rings (SSSR count). The molecule has 0 aliphatic heterocycles. The van der Waals surface area contributed by atoms with E-state index in [1.54, 1.807) is 12.3 Å². The maximum absolute atomic E-state index is 12.5. The monoisotopic (exact) mass is 321 g/mol. The number of rotatable bonds is 2. The van der Waals surface area contributed by atoms with Crippen molar-refractivity contribution in [1.29, 1.82) is 0 Å². The van der Waals surface area contributed by atoms with E-state index in [1.165, 1.54) is 16.8 Å². The fraction of sp³-hybridized carbons (Fsp3) is 0.0714. The number of carbonyl (C=O) groups excluding carboxylic acids is 1. The zero-order valence-electron chi connectivity index (χ0n) is 11.5. The van der Waals surface area contributed by atoms with Crippen LogP contribution in [0.5, 0.6) is 0 Å². The van der Waals surface area contributed by atoms with Gasteiger partial charge in [0.1, 0.15) is 5.69 Å². The molecular formula is C14H10F3N5O. The summed E-state index contributed by atoms with van der Waals surface area (Å²) in [5, 5.41) is 4.00. The molecule has 0 unspecified atom stereocenters. The van der Waals surface area contributed by atoms with Gasteiger partial charge < -0.3 is 11.5 Å². The van der Waals surface area contributed by atoms with E-state index in [4.69, 9.17) is 11.5 Å². The minimum absolute atomic E-state index is 0.0766. The van der Waals surface area contributed by atoms with Crippen LogP contribution in [0.2, 0.25) is 0 Å². The van der Waals surface area contributed by atoms with Crippen LogP contribution in [0.15, 0.2) is 36.8 Å². The van der Waals surface area contributed by atoms with Crippen LogP contribution in [0.3, 0.4) is 0 Å². The molecule has 0 atom stereocenters. The molecule has 3 aromatic heterocycles. The topological polar surface area (TPSA) is 99.3 Å². The van der Waals surface area contributed by atoms with Gasteiger partial charge in [0.15, 0.2) is 0 Å². The van der Waals surface area contributed by atoms with Crippen LogP contribution in [0.4, 0.5) is 18.9 Å². The van der Waals surface area contributed by atoms with E-state index >= 15 is 0 Å². The number of primary amides is 1. The Morgan fingerprint density at radius 3 is 2.48 bits per heavy atom. The lowest BCUT2D eigenvalue weighted by Crippen LogP contribution is -2.15. The molecule has 4 N–H and O–H groups in total. The number of halogens is 3. The summed E-state index contributed by atoms with van der Waals surface area (Å²) in [5.41, 5.74) is 11.8. The average molecular weight is 321 g/mol. The molecule has 0 radical (unpaired) electrons. The molecule has 0 saturated heterocycles. The van der Waals surface area contributed by atoms with Gasteiger partial charge in [0, 0.05) is 23.5 Å². The number of nitrogens with two attached hydrogens (primary N) is 2. The summed E-state index contributed by atoms with van der Waals surface area (Å²) in [5.74, 6) is -0.712. The van der Waals surface area contributed by atoms with Gasteiger partial charge in [0.2, 0.25) is 0 Å². The molecule has 23 heavy (non-hydrogen) atoms. The number of nitrogen functional groups attached to an aromatic ring is 1. The van der Waals surface area contributed by atoms with Crippen molar-refractivity contribution in [3.05, 3.63) is 48.0 Å². The van der Waals surface area contributed by atoms with Crippen molar-refractivity contribution >= 4 is 17.1 Å². The van der Waals surface area contributed by atoms with Gasteiger partial charge in [-0.05, 0) is 12.1 Å². The van der Waals surface area contributed by atoms with Gasteiger partial charge in [-0.25, -0.2) is 4.52 Å². The van der Waals surface area contributed by atoms with Crippen molar-refractivity contribution in [3.63, 3.8) is 0 Å². The maximum Gasteiger partial charge on any atom is 0.433 e. The van der Waals surface area contributed by atoms with E-state index in [9.17, 15) is 18.0 Å². The molecule has 118 valence electrons. The van der Waals surface area contributed by atoms with E-state index < -0.39 is 17.8 Å². The fourth-order valence-electron chi connectivity index (χ4n) is 2.16. The van der Waals surface area contributed by atoms with E-state index in [0.29, 0.717) is 16.6 Å². The maximum atomic E-state index is 12.5. The lowest BCUT2D eigenvalue weighted by molar-refractivity contribution is -0.141. The highest BCUT2D eigenvalue weighted by Crippen LogP contribution is 2.30. The molecule has 3 aromatic rings. The van der Waals surface area contributed by atoms with Gasteiger partial charge >= 0.3 is 6.18 Å². The van der Waals surface area contributed by atoms with Gasteiger partial charge in [0.05, 0.1) is 23.0 Å². The van der Waals surface area contributed by atoms with E-state index in [0.717, 1.165) is 12.3 Å². The van der Waals surface area contributed by atoms with Gasteiger partial charge in [-0.15, -0.1) is 0 Å². The number of hydrogen-bond donors (Lipinski definition) is 2. The third kappa shape index (κ3) is 2.56. The molecule has 0 aromatic carbocycles. The van der Waals surface area contributed by atoms with Crippen LogP contribution >= 0.6 is 0 Å². The van der Waals surface area contributed by atoms with Crippen LogP contribution in [-0.2, 0) is 6.18 Å². The van der Waals surface area contributed by atoms with Crippen LogP contribution < -0.4 is 11.5 Å². The van der Waals surface area contributed by atoms with Gasteiger partial charge in [-0.2, -0.15) is 18.3 Å². The van der Waals surface area contributed by atoms with Crippen LogP contribution in [-0.4, -0.2) is 20.5 Å². The van der Waals surface area contributed by atoms with Crippen molar-refractivity contribution in [1.82, 2.24) is 14.6 Å². The van der Waals surface area contributed by atoms with Crippen molar-refractivity contribution in [2.24, 2.45) is 5.73 Å². The normalized spacial score (nSPS) is 11.8. The Labute approximate surface area is 127 Å². The number of hydrogen-bond acceptors (Lipinski definition) is 4. The predicted octanol–water partition coefficient (Wildman–Crippen LogP) is 2.10. The summed E-state index contributed by atoms with van der Waals surface area (Å²) in [4.78, 5) is 14.7. The van der Waals surface area contributed by atoms with Crippen LogP contribution in [0.25, 0.3) is 16.6 Å². The Morgan fingerprint density at radius 1 is 1.17 bits per heavy atom. The molecule has 0 aliphatic carbocycles. The Bertz CT molecular complexity index is 899. The lowest BCUT2D eigenvalue weighted by atomic mass is 10.1. The van der Waals surface area contributed by atoms with E-state index in [-0.39, 0.29) is 11.3 Å². The standard InChI is InChI=1S/C14H10F3N5O/c15-14(16,17)11-2-1-7(4-20-11)8-3-10-12(18)9(13(19)23)5-21-22(10)6-8/h1-6H,18H2,(H2,19,23). The van der Waals surface area contributed by atoms with Crippen LogP contribution in [0, 0.1) is 0 Å². The first-order valence-electron chi connectivity index (χ1n) is 6.37. The summed E-state index contributed by atoms with van der Waals surface area (Å²) < 4.78 is 39.0. The summed E-state index contributed by atoms with van der Waals surface area (Å²) in [6.45, 7) is 0. The second-order valence-corrected chi connectivity index (χ2v) is 4.82. The third-order valence-corrected chi connectivity index (χ3v) is 3.33. The number of alkyl halides is 3. The molecule has 0 bridgehead atoms. The smallest absolute Gasteiger partial charge is 0.396 e. The molecule has 0 saturated carbocycles. The highest BCUT2D eigenvalue weighted by Gasteiger charge is 2.32. The first kappa shape index (κ1) is 14.8. The second kappa shape index (κ2) is 4.97. The highest BCUT2D eigenvalue weighted by molar-refractivity contribution is 6.01. The minimum Gasteiger partial charge on any atom is -0.396 e. The summed E-state index contributed by atoms with van der Waals surface area (Å²) in [6, 6.07) is 3.79. The Balaban J connectivity index is 2.07. The zero-order valence-corrected chi connectivity index (χ0v) is 11.5. The molecule has 0 fully saturated rings. The Morgan fingerprint density at radius 2 is 1.91 bits per heavy atom. The number of pyridine rings is 1. The molecular weight excluding hydrogens is 311 g/mol. The number of fused-ring (bicyclic) bond motifs is 1. The van der Waals surface area contributed by atoms with Gasteiger partial charge in [-0.1, -0.05) is 6.07 Å². The van der Waals surface area contributed by atoms with Crippen molar-refractivity contribution in [3.8, 4) is 11.1 Å². The quantitative estimate of drug-likeness (QED) is 0.755. The first-order valence-corrected chi connectivity index (χ1v) is 6.37. The molecule has 9 heteroatoms. The van der Waals surface area contributed by atoms with Crippen molar-refractivity contribution < 1.29 is 18.0 Å². The number of anilines is 1. The largest absolute Gasteiger partial charge is 0.433 e. The number of aromatic nitrogens is 3.